The molecule has 29 heavy (non-hydrogen) atoms. The lowest BCUT2D eigenvalue weighted by Gasteiger charge is -2.35. The van der Waals surface area contributed by atoms with Crippen LogP contribution in [0.4, 0.5) is 0 Å². The molecule has 3 amide bonds. The van der Waals surface area contributed by atoms with Gasteiger partial charge in [0.25, 0.3) is 5.91 Å². The second kappa shape index (κ2) is 9.86. The number of carbonyl (C=O) groups excluding carboxylic acids is 4. The van der Waals surface area contributed by atoms with E-state index in [0.717, 1.165) is 11.1 Å². The monoisotopic (exact) mass is 401 g/mol. The Kier molecular flexibility index (Phi) is 7.52. The number of nitrogens with zero attached hydrogens (tertiary/aromatic N) is 1. The molecule has 8 nitrogen and oxygen atoms in total. The maximum absolute atomic E-state index is 13.2. The Bertz CT molecular complexity index is 831. The molecule has 0 aliphatic carbocycles. The van der Waals surface area contributed by atoms with E-state index in [1.54, 1.807) is 19.9 Å². The molecule has 156 valence electrons. The topological polar surface area (TPSA) is 105 Å². The molecule has 8 heteroatoms. The number of hydrogen-bond acceptors (Lipinski definition) is 5. The van der Waals surface area contributed by atoms with Crippen LogP contribution in [-0.2, 0) is 23.9 Å². The van der Waals surface area contributed by atoms with Gasteiger partial charge in [0, 0.05) is 20.0 Å². The molecule has 0 radical (unpaired) electrons. The summed E-state index contributed by atoms with van der Waals surface area (Å²) < 4.78 is 5.12. The molecule has 2 rings (SSSR count). The number of carbonyl (C=O) groups is 4. The quantitative estimate of drug-likeness (QED) is 0.549. The van der Waals surface area contributed by atoms with Gasteiger partial charge in [0.05, 0.1) is 12.5 Å². The lowest BCUT2D eigenvalue weighted by atomic mass is 10.1. The van der Waals surface area contributed by atoms with E-state index in [4.69, 9.17) is 4.74 Å². The average Bonchev–Trinajstić information content (AvgIpc) is 2.63. The highest BCUT2D eigenvalue weighted by Gasteiger charge is 2.36. The molecule has 1 aromatic carbocycles. The van der Waals surface area contributed by atoms with Crippen LogP contribution in [-0.4, -0.2) is 53.8 Å². The van der Waals surface area contributed by atoms with Crippen molar-refractivity contribution in [3.8, 4) is 0 Å². The van der Waals surface area contributed by atoms with E-state index >= 15 is 0 Å². The molecule has 1 fully saturated rings. The molecule has 1 atom stereocenters. The fraction of sp³-hybridized carbons (Fsp3) is 0.429. The fourth-order valence-electron chi connectivity index (χ4n) is 3.03. The summed E-state index contributed by atoms with van der Waals surface area (Å²) in [7, 11) is 0. The minimum atomic E-state index is -1.00. The predicted octanol–water partition coefficient (Wildman–Crippen LogP) is 1.14. The zero-order chi connectivity index (χ0) is 21.6. The van der Waals surface area contributed by atoms with Gasteiger partial charge in [0.1, 0.15) is 11.7 Å². The second-order valence-electron chi connectivity index (χ2n) is 7.14. The number of amides is 3. The van der Waals surface area contributed by atoms with Gasteiger partial charge >= 0.3 is 5.97 Å². The Hall–Kier alpha value is -3.16. The van der Waals surface area contributed by atoms with Crippen LogP contribution in [0.1, 0.15) is 38.3 Å². The Morgan fingerprint density at radius 3 is 2.62 bits per heavy atom. The number of hydrogen-bond donors (Lipinski definition) is 2. The number of nitrogens with one attached hydrogen (secondary N) is 2. The van der Waals surface area contributed by atoms with E-state index < -0.39 is 29.7 Å². The first-order chi connectivity index (χ1) is 13.7. The van der Waals surface area contributed by atoms with Crippen LogP contribution in [0.2, 0.25) is 0 Å². The van der Waals surface area contributed by atoms with Gasteiger partial charge in [-0.2, -0.15) is 0 Å². The van der Waals surface area contributed by atoms with Gasteiger partial charge < -0.3 is 20.3 Å². The number of benzene rings is 1. The van der Waals surface area contributed by atoms with Gasteiger partial charge in [-0.3, -0.25) is 19.2 Å². The number of ether oxygens (including phenoxy) is 1. The van der Waals surface area contributed by atoms with Crippen molar-refractivity contribution >= 4 is 29.8 Å². The third-order valence-electron chi connectivity index (χ3n) is 4.35. The summed E-state index contributed by atoms with van der Waals surface area (Å²) in [5, 5.41) is 5.22. The van der Waals surface area contributed by atoms with Crippen LogP contribution in [0.25, 0.3) is 6.08 Å². The minimum Gasteiger partial charge on any atom is -0.463 e. The Morgan fingerprint density at radius 2 is 2.00 bits per heavy atom. The summed E-state index contributed by atoms with van der Waals surface area (Å²) >= 11 is 0. The minimum absolute atomic E-state index is 0.0451. The lowest BCUT2D eigenvalue weighted by Crippen LogP contribution is -2.59. The molecule has 1 aliphatic heterocycles. The van der Waals surface area contributed by atoms with Gasteiger partial charge in [-0.1, -0.05) is 24.3 Å². The normalized spacial score (nSPS) is 17.0. The molecule has 1 aromatic rings. The van der Waals surface area contributed by atoms with Crippen LogP contribution in [0.15, 0.2) is 30.0 Å². The van der Waals surface area contributed by atoms with Gasteiger partial charge in [-0.15, -0.1) is 0 Å². The third kappa shape index (κ3) is 6.17. The lowest BCUT2D eigenvalue weighted by molar-refractivity contribution is -0.153. The predicted molar refractivity (Wildman–Crippen MR) is 107 cm³/mol. The molecule has 1 saturated heterocycles. The standard InChI is InChI=1S/C21H27N3O5/c1-13(2)29-19(26)12-18-20(27)22-9-10-24(18)21(28)17(23-15(4)25)11-16-8-6-5-7-14(16)3/h5-8,11,13,18H,9-10,12H2,1-4H3,(H,22,27)(H,23,25). The Morgan fingerprint density at radius 1 is 1.31 bits per heavy atom. The summed E-state index contributed by atoms with van der Waals surface area (Å²) in [5.74, 6) is -1.93. The third-order valence-corrected chi connectivity index (χ3v) is 4.35. The number of esters is 1. The van der Waals surface area contributed by atoms with E-state index in [0.29, 0.717) is 0 Å². The SMILES string of the molecule is CC(=O)NC(=Cc1ccccc1C)C(=O)N1CCNC(=O)C1CC(=O)OC(C)C. The molecular weight excluding hydrogens is 374 g/mol. The van der Waals surface area contributed by atoms with Gasteiger partial charge in [-0.05, 0) is 38.0 Å². The Labute approximate surface area is 170 Å². The maximum atomic E-state index is 13.2. The number of rotatable bonds is 6. The van der Waals surface area contributed by atoms with Crippen molar-refractivity contribution < 1.29 is 23.9 Å². The zero-order valence-corrected chi connectivity index (χ0v) is 17.2. The van der Waals surface area contributed by atoms with E-state index in [-0.39, 0.29) is 31.3 Å². The molecule has 2 N–H and O–H groups in total. The van der Waals surface area contributed by atoms with Crippen molar-refractivity contribution in [2.45, 2.75) is 46.3 Å². The molecule has 1 heterocycles. The van der Waals surface area contributed by atoms with Crippen LogP contribution in [0.3, 0.4) is 0 Å². The fourth-order valence-corrected chi connectivity index (χ4v) is 3.03. The van der Waals surface area contributed by atoms with Crippen molar-refractivity contribution in [1.29, 1.82) is 0 Å². The van der Waals surface area contributed by atoms with Crippen LogP contribution in [0.5, 0.6) is 0 Å². The van der Waals surface area contributed by atoms with Crippen molar-refractivity contribution in [3.05, 3.63) is 41.1 Å². The summed E-state index contributed by atoms with van der Waals surface area (Å²) in [4.78, 5) is 50.7. The van der Waals surface area contributed by atoms with Gasteiger partial charge in [0.2, 0.25) is 11.8 Å². The smallest absolute Gasteiger partial charge is 0.308 e. The highest BCUT2D eigenvalue weighted by Crippen LogP contribution is 2.17. The summed E-state index contributed by atoms with van der Waals surface area (Å²) in [6.45, 7) is 7.09. The van der Waals surface area contributed by atoms with E-state index in [1.165, 1.54) is 11.8 Å². The van der Waals surface area contributed by atoms with Gasteiger partial charge in [0.15, 0.2) is 0 Å². The van der Waals surface area contributed by atoms with Crippen LogP contribution in [0, 0.1) is 6.92 Å². The molecule has 0 aromatic heterocycles. The van der Waals surface area contributed by atoms with Crippen molar-refractivity contribution in [1.82, 2.24) is 15.5 Å². The van der Waals surface area contributed by atoms with E-state index in [9.17, 15) is 19.2 Å². The highest BCUT2D eigenvalue weighted by atomic mass is 16.5. The summed E-state index contributed by atoms with van der Waals surface area (Å²) in [6.07, 6.45) is 0.997. The van der Waals surface area contributed by atoms with Crippen LogP contribution < -0.4 is 10.6 Å². The molecule has 1 aliphatic rings. The first-order valence-electron chi connectivity index (χ1n) is 9.52. The summed E-state index contributed by atoms with van der Waals surface area (Å²) in [6, 6.07) is 6.41. The average molecular weight is 401 g/mol. The van der Waals surface area contributed by atoms with E-state index in [1.807, 2.05) is 31.2 Å². The first-order valence-corrected chi connectivity index (χ1v) is 9.52. The highest BCUT2D eigenvalue weighted by molar-refractivity contribution is 6.03. The largest absolute Gasteiger partial charge is 0.463 e. The van der Waals surface area contributed by atoms with Crippen molar-refractivity contribution in [3.63, 3.8) is 0 Å². The number of aryl methyl sites for hydroxylation is 1. The zero-order valence-electron chi connectivity index (χ0n) is 17.2. The van der Waals surface area contributed by atoms with Crippen molar-refractivity contribution in [2.24, 2.45) is 0 Å². The Balaban J connectivity index is 2.33. The molecule has 0 bridgehead atoms. The van der Waals surface area contributed by atoms with E-state index in [2.05, 4.69) is 10.6 Å². The molecular formula is C21H27N3O5. The molecule has 0 saturated carbocycles. The first kappa shape index (κ1) is 22.1. The van der Waals surface area contributed by atoms with Crippen LogP contribution >= 0.6 is 0 Å². The summed E-state index contributed by atoms with van der Waals surface area (Å²) in [5.41, 5.74) is 1.74. The van der Waals surface area contributed by atoms with Gasteiger partial charge in [-0.25, -0.2) is 0 Å². The maximum Gasteiger partial charge on any atom is 0.308 e. The van der Waals surface area contributed by atoms with Crippen molar-refractivity contribution in [2.75, 3.05) is 13.1 Å². The molecule has 1 unspecified atom stereocenters. The second-order valence-corrected chi connectivity index (χ2v) is 7.14. The number of piperazine rings is 1. The molecule has 0 spiro atoms.